The molecule has 0 aliphatic carbocycles. The first-order valence-corrected chi connectivity index (χ1v) is 9.28. The first-order chi connectivity index (χ1) is 21.3. The lowest BCUT2D eigenvalue weighted by molar-refractivity contribution is -0.160. The Labute approximate surface area is 206 Å². The Morgan fingerprint density at radius 3 is 2.80 bits per heavy atom. The lowest BCUT2D eigenvalue weighted by Gasteiger charge is -2.47. The van der Waals surface area contributed by atoms with Crippen molar-refractivity contribution in [3.63, 3.8) is 0 Å². The highest BCUT2D eigenvalue weighted by molar-refractivity contribution is 5.76. The van der Waals surface area contributed by atoms with Gasteiger partial charge in [-0.2, -0.15) is 0 Å². The van der Waals surface area contributed by atoms with Crippen molar-refractivity contribution >= 4 is 5.97 Å². The molecule has 2 aliphatic rings. The SMILES string of the molecule is [2H]c1c2c(c([2H])c(OC)c1OC)C1([2H])CC([2H])(OC(=O)[C@@]([2H])(N)C([2H])(C([2H])([2H])[2H])C([2H])([2H])[2H])C(C([2H])([2H])C([2H])(C)C([2H])([2H])[2H])CN1CC2. The molecule has 0 saturated carbocycles. The molecule has 0 bridgehead atoms. The van der Waals surface area contributed by atoms with E-state index in [1.54, 1.807) is 0 Å². The van der Waals surface area contributed by atoms with Crippen LogP contribution in [0.15, 0.2) is 12.1 Å². The van der Waals surface area contributed by atoms with Gasteiger partial charge in [-0.1, -0.05) is 27.5 Å². The zero-order valence-corrected chi connectivity index (χ0v) is 17.1. The molecule has 0 amide bonds. The fourth-order valence-corrected chi connectivity index (χ4v) is 3.55. The van der Waals surface area contributed by atoms with Crippen LogP contribution in [0.4, 0.5) is 0 Å². The van der Waals surface area contributed by atoms with Crippen LogP contribution in [0.3, 0.4) is 0 Å². The largest absolute Gasteiger partial charge is 0.493 e. The molecule has 1 aromatic rings. The molecule has 1 aromatic carbocycles. The summed E-state index contributed by atoms with van der Waals surface area (Å²) in [4.78, 5) is 14.9. The number of hydrogen-bond acceptors (Lipinski definition) is 6. The van der Waals surface area contributed by atoms with Crippen LogP contribution in [0.5, 0.6) is 11.5 Å². The number of hydrogen-bond donors (Lipinski definition) is 1. The number of benzene rings is 1. The second-order valence-corrected chi connectivity index (χ2v) is 6.96. The lowest BCUT2D eigenvalue weighted by Crippen LogP contribution is -2.51. The highest BCUT2D eigenvalue weighted by Gasteiger charge is 2.41. The third-order valence-electron chi connectivity index (χ3n) is 4.96. The van der Waals surface area contributed by atoms with Crippen LogP contribution in [-0.2, 0) is 16.0 Å². The number of methoxy groups -OCH3 is 2. The summed E-state index contributed by atoms with van der Waals surface area (Å²) in [6.45, 7) is -11.4. The molecule has 2 N–H and O–H groups in total. The Morgan fingerprint density at radius 1 is 1.40 bits per heavy atom. The Bertz CT molecular complexity index is 1430. The van der Waals surface area contributed by atoms with E-state index in [1.165, 1.54) is 19.1 Å². The second-order valence-electron chi connectivity index (χ2n) is 6.96. The van der Waals surface area contributed by atoms with E-state index in [0.717, 1.165) is 6.92 Å². The average Bonchev–Trinajstić information content (AvgIpc) is 2.90. The highest BCUT2D eigenvalue weighted by Crippen LogP contribution is 2.44. The van der Waals surface area contributed by atoms with Crippen LogP contribution < -0.4 is 15.2 Å². The molecule has 3 rings (SSSR count). The quantitative estimate of drug-likeness (QED) is 0.659. The molecular formula is C24H38N2O4. The van der Waals surface area contributed by atoms with Gasteiger partial charge in [0.05, 0.1) is 21.1 Å². The van der Waals surface area contributed by atoms with Gasteiger partial charge >= 0.3 is 5.97 Å². The molecule has 168 valence electrons. The van der Waals surface area contributed by atoms with Gasteiger partial charge in [-0.15, -0.1) is 0 Å². The summed E-state index contributed by atoms with van der Waals surface area (Å²) in [6.07, 6.45) is -7.70. The first kappa shape index (κ1) is 8.99. The molecule has 6 nitrogen and oxygen atoms in total. The third kappa shape index (κ3) is 4.75. The predicted octanol–water partition coefficient (Wildman–Crippen LogP) is 3.56. The van der Waals surface area contributed by atoms with Gasteiger partial charge in [0.1, 0.15) is 12.1 Å². The van der Waals surface area contributed by atoms with Crippen LogP contribution in [0.1, 0.15) is 82.1 Å². The van der Waals surface area contributed by atoms with Gasteiger partial charge in [0.15, 0.2) is 11.5 Å². The first-order valence-electron chi connectivity index (χ1n) is 18.3. The summed E-state index contributed by atoms with van der Waals surface area (Å²) in [7, 11) is 2.39. The maximum Gasteiger partial charge on any atom is 0.323 e. The van der Waals surface area contributed by atoms with E-state index in [0.29, 0.717) is 0 Å². The number of ether oxygens (including phenoxy) is 3. The van der Waals surface area contributed by atoms with Crippen molar-refractivity contribution in [3.05, 3.63) is 23.2 Å². The van der Waals surface area contributed by atoms with Crippen LogP contribution in [-0.4, -0.2) is 50.3 Å². The van der Waals surface area contributed by atoms with E-state index in [-0.39, 0.29) is 41.6 Å². The minimum Gasteiger partial charge on any atom is -0.493 e. The molecule has 5 atom stereocenters. The molecule has 0 spiro atoms. The van der Waals surface area contributed by atoms with Gasteiger partial charge in [0, 0.05) is 49.3 Å². The predicted molar refractivity (Wildman–Crippen MR) is 118 cm³/mol. The fraction of sp³-hybridized carbons (Fsp3) is 0.708. The van der Waals surface area contributed by atoms with Crippen molar-refractivity contribution in [1.82, 2.24) is 4.90 Å². The van der Waals surface area contributed by atoms with Crippen LogP contribution in [0.25, 0.3) is 0 Å². The summed E-state index contributed by atoms with van der Waals surface area (Å²) in [5, 5.41) is 0. The molecule has 0 radical (unpaired) electrons. The van der Waals surface area contributed by atoms with Crippen molar-refractivity contribution in [2.24, 2.45) is 23.4 Å². The molecule has 0 aromatic heterocycles. The van der Waals surface area contributed by atoms with Gasteiger partial charge in [-0.05, 0) is 47.8 Å². The fourth-order valence-electron chi connectivity index (χ4n) is 3.55. The smallest absolute Gasteiger partial charge is 0.323 e. The number of fused-ring (bicyclic) bond motifs is 3. The van der Waals surface area contributed by atoms with E-state index < -0.39 is 87.7 Å². The van der Waals surface area contributed by atoms with E-state index in [9.17, 15) is 7.54 Å². The van der Waals surface area contributed by atoms with E-state index in [4.69, 9.17) is 41.9 Å². The van der Waals surface area contributed by atoms with E-state index in [2.05, 4.69) is 0 Å². The van der Waals surface area contributed by atoms with Crippen molar-refractivity contribution in [1.29, 1.82) is 0 Å². The summed E-state index contributed by atoms with van der Waals surface area (Å²) < 4.78 is 165. The number of nitrogens with two attached hydrogens (primary N) is 1. The van der Waals surface area contributed by atoms with Gasteiger partial charge in [-0.25, -0.2) is 0 Å². The Kier molecular flexibility index (Phi) is 2.86. The number of carbonyl (C=O) groups excluding carboxylic acids is 1. The van der Waals surface area contributed by atoms with E-state index >= 15 is 0 Å². The molecule has 4 unspecified atom stereocenters. The monoisotopic (exact) mass is 436 g/mol. The normalized spacial score (nSPS) is 43.7. The second kappa shape index (κ2) is 9.56. The van der Waals surface area contributed by atoms with Crippen molar-refractivity contribution < 1.29 is 43.7 Å². The highest BCUT2D eigenvalue weighted by atomic mass is 16.5. The topological polar surface area (TPSA) is 74.0 Å². The molecule has 1 saturated heterocycles. The summed E-state index contributed by atoms with van der Waals surface area (Å²) >= 11 is 0. The average molecular weight is 437 g/mol. The zero-order chi connectivity index (χ0) is 37.6. The molecular weight excluding hydrogens is 380 g/mol. The molecule has 30 heavy (non-hydrogen) atoms. The standard InChI is InChI=1S/C24H38N2O4/c1-14(2)9-17-13-26-8-7-16-10-21(28-5)22(29-6)11-18(16)19(26)12-20(17)30-24(27)23(25)15(3)4/h10-11,14-15,17,19-20,23H,7-9,12-13,25H2,1-6H3/t17?,19?,20?,23-/m0/s1/i1D3,3D3,4D3,9D2,10D,11D,14D,15D,19D,20D,23D/t14?,17?,19?,20?,23-. The summed E-state index contributed by atoms with van der Waals surface area (Å²) in [5.74, 6) is -12.0. The number of rotatable bonds is 7. The van der Waals surface area contributed by atoms with Gasteiger partial charge < -0.3 is 19.9 Å². The van der Waals surface area contributed by atoms with Gasteiger partial charge in [0.2, 0.25) is 0 Å². The third-order valence-corrected chi connectivity index (χ3v) is 4.96. The van der Waals surface area contributed by atoms with Crippen molar-refractivity contribution in [2.45, 2.75) is 64.8 Å². The van der Waals surface area contributed by atoms with Crippen molar-refractivity contribution in [3.8, 4) is 11.5 Å². The van der Waals surface area contributed by atoms with Crippen LogP contribution in [0.2, 0.25) is 0 Å². The molecule has 6 heteroatoms. The zero-order valence-electron chi connectivity index (χ0n) is 35.1. The lowest BCUT2D eigenvalue weighted by atomic mass is 9.79. The van der Waals surface area contributed by atoms with Crippen LogP contribution >= 0.6 is 0 Å². The van der Waals surface area contributed by atoms with Crippen molar-refractivity contribution in [2.75, 3.05) is 27.3 Å². The number of carbonyl (C=O) groups is 1. The van der Waals surface area contributed by atoms with Gasteiger partial charge in [-0.3, -0.25) is 9.69 Å². The maximum atomic E-state index is 13.7. The number of esters is 1. The van der Waals surface area contributed by atoms with Gasteiger partial charge in [0.25, 0.3) is 0 Å². The van der Waals surface area contributed by atoms with E-state index in [1.807, 2.05) is 0 Å². The maximum absolute atomic E-state index is 13.7. The minimum absolute atomic E-state index is 0.0177. The number of nitrogens with zero attached hydrogens (tertiary/aromatic N) is 1. The summed E-state index contributed by atoms with van der Waals surface area (Å²) in [5.41, 5.74) is 5.54. The summed E-state index contributed by atoms with van der Waals surface area (Å²) in [6, 6.07) is -7.10. The van der Waals surface area contributed by atoms with Crippen LogP contribution in [0, 0.1) is 17.7 Å². The molecule has 2 aliphatic heterocycles. The molecule has 2 heterocycles. The Balaban J connectivity index is 2.35. The number of piperidine rings is 1. The minimum atomic E-state index is -4.08. The Hall–Kier alpha value is -1.79. The Morgan fingerprint density at radius 2 is 2.13 bits per heavy atom. The molecule has 1 fully saturated rings.